The van der Waals surface area contributed by atoms with Crippen molar-refractivity contribution in [1.29, 1.82) is 0 Å². The zero-order valence-corrected chi connectivity index (χ0v) is 18.1. The number of nitrogens with zero attached hydrogens (tertiary/aromatic N) is 4. The van der Waals surface area contributed by atoms with Crippen LogP contribution < -0.4 is 10.2 Å². The highest BCUT2D eigenvalue weighted by atomic mass is 19.1. The number of carbonyl (C=O) groups is 2. The normalized spacial score (nSPS) is 16.6. The summed E-state index contributed by atoms with van der Waals surface area (Å²) in [5, 5.41) is 6.94. The van der Waals surface area contributed by atoms with Crippen LogP contribution in [-0.2, 0) is 18.4 Å². The Kier molecular flexibility index (Phi) is 4.80. The number of aryl methyl sites for hydroxylation is 2. The zero-order valence-electron chi connectivity index (χ0n) is 18.1. The first-order valence-corrected chi connectivity index (χ1v) is 10.7. The Hall–Kier alpha value is -3.55. The van der Waals surface area contributed by atoms with Gasteiger partial charge in [-0.3, -0.25) is 14.3 Å². The summed E-state index contributed by atoms with van der Waals surface area (Å²) in [4.78, 5) is 31.7. The van der Waals surface area contributed by atoms with Crippen LogP contribution in [0.25, 0.3) is 11.1 Å². The van der Waals surface area contributed by atoms with Gasteiger partial charge in [-0.1, -0.05) is 0 Å². The Labute approximate surface area is 185 Å². The average Bonchev–Trinajstić information content (AvgIpc) is 3.31. The maximum atomic E-state index is 14.2. The molecule has 0 unspecified atom stereocenters. The summed E-state index contributed by atoms with van der Waals surface area (Å²) < 4.78 is 15.8. The molecule has 2 aromatic heterocycles. The van der Waals surface area contributed by atoms with E-state index in [1.807, 2.05) is 12.1 Å². The zero-order chi connectivity index (χ0) is 22.5. The standard InChI is InChI=1S/C24H24FN5O2/c1-15-7-20(30-6-5-24(3-4-24)23(30)32)11-21(28-15)22(31)26-12-16-8-17(10-19(25)9-16)18-13-27-29(2)14-18/h7-11,13-14H,3-6,12H2,1-2H3,(H,26,31). The molecule has 2 fully saturated rings. The van der Waals surface area contributed by atoms with E-state index in [2.05, 4.69) is 15.4 Å². The predicted molar refractivity (Wildman–Crippen MR) is 117 cm³/mol. The minimum Gasteiger partial charge on any atom is -0.347 e. The lowest BCUT2D eigenvalue weighted by atomic mass is 10.1. The van der Waals surface area contributed by atoms with Gasteiger partial charge in [0, 0.05) is 43.3 Å². The number of anilines is 1. The average molecular weight is 433 g/mol. The number of halogens is 1. The number of pyridine rings is 1. The topological polar surface area (TPSA) is 80.1 Å². The molecule has 1 saturated heterocycles. The van der Waals surface area contributed by atoms with Crippen LogP contribution in [0.1, 0.15) is 41.0 Å². The molecule has 3 heterocycles. The molecule has 1 aromatic carbocycles. The van der Waals surface area contributed by atoms with Crippen LogP contribution in [0.2, 0.25) is 0 Å². The second-order valence-electron chi connectivity index (χ2n) is 8.77. The van der Waals surface area contributed by atoms with E-state index in [0.29, 0.717) is 29.1 Å². The Balaban J connectivity index is 1.32. The number of rotatable bonds is 5. The molecule has 1 spiro atoms. The van der Waals surface area contributed by atoms with Crippen molar-refractivity contribution in [1.82, 2.24) is 20.1 Å². The highest BCUT2D eigenvalue weighted by Gasteiger charge is 2.55. The highest BCUT2D eigenvalue weighted by Crippen LogP contribution is 2.54. The first-order valence-electron chi connectivity index (χ1n) is 10.7. The fourth-order valence-corrected chi connectivity index (χ4v) is 4.37. The van der Waals surface area contributed by atoms with Gasteiger partial charge < -0.3 is 10.2 Å². The lowest BCUT2D eigenvalue weighted by Crippen LogP contribution is -2.29. The molecule has 8 heteroatoms. The van der Waals surface area contributed by atoms with Crippen molar-refractivity contribution in [3.8, 4) is 11.1 Å². The van der Waals surface area contributed by atoms with Gasteiger partial charge in [0.15, 0.2) is 0 Å². The molecule has 2 amide bonds. The summed E-state index contributed by atoms with van der Waals surface area (Å²) in [5.41, 5.74) is 3.59. The maximum Gasteiger partial charge on any atom is 0.270 e. The fourth-order valence-electron chi connectivity index (χ4n) is 4.37. The van der Waals surface area contributed by atoms with Gasteiger partial charge >= 0.3 is 0 Å². The van der Waals surface area contributed by atoms with E-state index in [1.54, 1.807) is 42.0 Å². The van der Waals surface area contributed by atoms with E-state index < -0.39 is 0 Å². The third-order valence-electron chi connectivity index (χ3n) is 6.30. The van der Waals surface area contributed by atoms with Crippen LogP contribution in [0.4, 0.5) is 10.1 Å². The molecule has 2 aliphatic rings. The van der Waals surface area contributed by atoms with Crippen LogP contribution >= 0.6 is 0 Å². The summed E-state index contributed by atoms with van der Waals surface area (Å²) in [6, 6.07) is 8.16. The molecule has 1 N–H and O–H groups in total. The van der Waals surface area contributed by atoms with E-state index in [0.717, 1.165) is 24.8 Å². The van der Waals surface area contributed by atoms with Gasteiger partial charge in [0.1, 0.15) is 11.5 Å². The van der Waals surface area contributed by atoms with Gasteiger partial charge in [-0.25, -0.2) is 9.37 Å². The largest absolute Gasteiger partial charge is 0.347 e. The lowest BCUT2D eigenvalue weighted by molar-refractivity contribution is -0.121. The molecule has 1 aliphatic carbocycles. The summed E-state index contributed by atoms with van der Waals surface area (Å²) in [5.74, 6) is -0.597. The first kappa shape index (κ1) is 20.4. The quantitative estimate of drug-likeness (QED) is 0.669. The lowest BCUT2D eigenvalue weighted by Gasteiger charge is -2.18. The molecule has 0 radical (unpaired) electrons. The van der Waals surface area contributed by atoms with Crippen molar-refractivity contribution in [2.24, 2.45) is 12.5 Å². The second-order valence-corrected chi connectivity index (χ2v) is 8.77. The van der Waals surface area contributed by atoms with Gasteiger partial charge in [0.2, 0.25) is 5.91 Å². The van der Waals surface area contributed by atoms with Crippen molar-refractivity contribution in [2.75, 3.05) is 11.4 Å². The molecule has 3 aromatic rings. The maximum absolute atomic E-state index is 14.2. The minimum absolute atomic E-state index is 0.150. The molecule has 0 bridgehead atoms. The predicted octanol–water partition coefficient (Wildman–Crippen LogP) is 3.38. The summed E-state index contributed by atoms with van der Waals surface area (Å²) in [6.45, 7) is 2.63. The van der Waals surface area contributed by atoms with Crippen LogP contribution in [0, 0.1) is 18.2 Å². The van der Waals surface area contributed by atoms with Gasteiger partial charge in [-0.05, 0) is 67.6 Å². The SMILES string of the molecule is Cc1cc(N2CCC3(CC3)C2=O)cc(C(=O)NCc2cc(F)cc(-c3cnn(C)c3)c2)n1. The molecule has 1 aliphatic heterocycles. The van der Waals surface area contributed by atoms with Crippen LogP contribution in [0.5, 0.6) is 0 Å². The number of hydrogen-bond acceptors (Lipinski definition) is 4. The molecule has 0 atom stereocenters. The Morgan fingerprint density at radius 1 is 1.16 bits per heavy atom. The van der Waals surface area contributed by atoms with E-state index in [1.165, 1.54) is 12.1 Å². The minimum atomic E-state index is -0.381. The first-order chi connectivity index (χ1) is 15.3. The number of hydrogen-bond donors (Lipinski definition) is 1. The molecular formula is C24H24FN5O2. The van der Waals surface area contributed by atoms with Crippen molar-refractivity contribution < 1.29 is 14.0 Å². The van der Waals surface area contributed by atoms with E-state index in [9.17, 15) is 14.0 Å². The Bertz CT molecular complexity index is 1230. The van der Waals surface area contributed by atoms with Crippen LogP contribution in [0.3, 0.4) is 0 Å². The highest BCUT2D eigenvalue weighted by molar-refractivity contribution is 6.02. The summed E-state index contributed by atoms with van der Waals surface area (Å²) in [7, 11) is 1.80. The van der Waals surface area contributed by atoms with Crippen molar-refractivity contribution in [3.63, 3.8) is 0 Å². The monoisotopic (exact) mass is 433 g/mol. The van der Waals surface area contributed by atoms with E-state index >= 15 is 0 Å². The number of amides is 2. The van der Waals surface area contributed by atoms with E-state index in [4.69, 9.17) is 0 Å². The molecule has 7 nitrogen and oxygen atoms in total. The van der Waals surface area contributed by atoms with Gasteiger partial charge in [-0.2, -0.15) is 5.10 Å². The molecule has 5 rings (SSSR count). The summed E-state index contributed by atoms with van der Waals surface area (Å²) >= 11 is 0. The van der Waals surface area contributed by atoms with Crippen molar-refractivity contribution >= 4 is 17.5 Å². The van der Waals surface area contributed by atoms with E-state index in [-0.39, 0.29) is 35.3 Å². The Morgan fingerprint density at radius 2 is 1.97 bits per heavy atom. The Morgan fingerprint density at radius 3 is 2.66 bits per heavy atom. The van der Waals surface area contributed by atoms with Gasteiger partial charge in [-0.15, -0.1) is 0 Å². The summed E-state index contributed by atoms with van der Waals surface area (Å²) in [6.07, 6.45) is 6.25. The third kappa shape index (κ3) is 3.77. The molecule has 164 valence electrons. The van der Waals surface area contributed by atoms with Crippen molar-refractivity contribution in [2.45, 2.75) is 32.7 Å². The van der Waals surface area contributed by atoms with Crippen LogP contribution in [0.15, 0.2) is 42.7 Å². The number of benzene rings is 1. The second kappa shape index (κ2) is 7.55. The number of carbonyl (C=O) groups excluding carboxylic acids is 2. The van der Waals surface area contributed by atoms with Gasteiger partial charge in [0.05, 0.1) is 11.6 Å². The molecular weight excluding hydrogens is 409 g/mol. The van der Waals surface area contributed by atoms with Crippen LogP contribution in [-0.4, -0.2) is 33.1 Å². The number of nitrogens with one attached hydrogen (secondary N) is 1. The van der Waals surface area contributed by atoms with Gasteiger partial charge in [0.25, 0.3) is 5.91 Å². The molecule has 1 saturated carbocycles. The smallest absolute Gasteiger partial charge is 0.270 e. The fraction of sp³-hybridized carbons (Fsp3) is 0.333. The third-order valence-corrected chi connectivity index (χ3v) is 6.30. The molecule has 32 heavy (non-hydrogen) atoms. The number of aromatic nitrogens is 3. The van der Waals surface area contributed by atoms with Crippen molar-refractivity contribution in [3.05, 3.63) is 65.5 Å².